The van der Waals surface area contributed by atoms with E-state index in [-0.39, 0.29) is 0 Å². The third-order valence-corrected chi connectivity index (χ3v) is 5.03. The molecule has 1 heterocycles. The van der Waals surface area contributed by atoms with E-state index in [0.29, 0.717) is 11.8 Å². The normalized spacial score (nSPS) is 22.0. The molecule has 2 aromatic carbocycles. The van der Waals surface area contributed by atoms with E-state index in [1.165, 1.54) is 15.6 Å². The Labute approximate surface area is 134 Å². The maximum absolute atomic E-state index is 5.39. The number of benzene rings is 2. The molecular formula is C18H20BrNO. The van der Waals surface area contributed by atoms with Crippen molar-refractivity contribution in [2.24, 2.45) is 0 Å². The topological polar surface area (TPSA) is 21.3 Å². The highest BCUT2D eigenvalue weighted by Crippen LogP contribution is 2.40. The van der Waals surface area contributed by atoms with E-state index in [0.717, 1.165) is 25.3 Å². The number of hydrogen-bond acceptors (Lipinski definition) is 2. The van der Waals surface area contributed by atoms with Crippen molar-refractivity contribution in [3.05, 3.63) is 64.1 Å². The van der Waals surface area contributed by atoms with Gasteiger partial charge in [-0.3, -0.25) is 0 Å². The van der Waals surface area contributed by atoms with Gasteiger partial charge in [0.25, 0.3) is 0 Å². The van der Waals surface area contributed by atoms with Gasteiger partial charge in [-0.2, -0.15) is 0 Å². The smallest absolute Gasteiger partial charge is 0.119 e. The van der Waals surface area contributed by atoms with Gasteiger partial charge in [0.2, 0.25) is 0 Å². The molecule has 0 saturated carbocycles. The largest absolute Gasteiger partial charge is 0.497 e. The lowest BCUT2D eigenvalue weighted by Crippen LogP contribution is -2.34. The van der Waals surface area contributed by atoms with Crippen molar-refractivity contribution < 1.29 is 4.74 Å². The van der Waals surface area contributed by atoms with Gasteiger partial charge in [-0.15, -0.1) is 0 Å². The predicted molar refractivity (Wildman–Crippen MR) is 90.1 cm³/mol. The van der Waals surface area contributed by atoms with Crippen molar-refractivity contribution in [1.29, 1.82) is 0 Å². The van der Waals surface area contributed by atoms with Gasteiger partial charge in [0.05, 0.1) is 7.11 Å². The van der Waals surface area contributed by atoms with E-state index >= 15 is 0 Å². The number of ether oxygens (including phenoxy) is 1. The molecule has 3 heteroatoms. The van der Waals surface area contributed by atoms with Crippen LogP contribution in [0.5, 0.6) is 5.75 Å². The van der Waals surface area contributed by atoms with Crippen molar-refractivity contribution in [3.63, 3.8) is 0 Å². The Kier molecular flexibility index (Phi) is 4.61. The summed E-state index contributed by atoms with van der Waals surface area (Å²) in [6.45, 7) is 2.09. The number of piperidine rings is 1. The molecule has 3 rings (SSSR count). The molecule has 2 unspecified atom stereocenters. The zero-order valence-corrected chi connectivity index (χ0v) is 13.8. The highest BCUT2D eigenvalue weighted by molar-refractivity contribution is 9.10. The highest BCUT2D eigenvalue weighted by atomic mass is 79.9. The fourth-order valence-electron chi connectivity index (χ4n) is 3.23. The minimum Gasteiger partial charge on any atom is -0.497 e. The second-order valence-electron chi connectivity index (χ2n) is 5.50. The van der Waals surface area contributed by atoms with Crippen LogP contribution in [0, 0.1) is 0 Å². The van der Waals surface area contributed by atoms with Crippen LogP contribution in [-0.4, -0.2) is 20.2 Å². The summed E-state index contributed by atoms with van der Waals surface area (Å²) in [4.78, 5) is 0. The average molecular weight is 346 g/mol. The Hall–Kier alpha value is -1.32. The van der Waals surface area contributed by atoms with Crippen molar-refractivity contribution in [3.8, 4) is 5.75 Å². The zero-order valence-electron chi connectivity index (χ0n) is 12.2. The first kappa shape index (κ1) is 14.6. The first-order valence-electron chi connectivity index (χ1n) is 7.38. The Morgan fingerprint density at radius 1 is 1.10 bits per heavy atom. The summed E-state index contributed by atoms with van der Waals surface area (Å²) >= 11 is 3.71. The lowest BCUT2D eigenvalue weighted by molar-refractivity contribution is 0.395. The molecule has 1 aliphatic heterocycles. The van der Waals surface area contributed by atoms with Crippen molar-refractivity contribution in [2.45, 2.75) is 18.3 Å². The molecule has 1 aliphatic rings. The zero-order chi connectivity index (χ0) is 14.7. The van der Waals surface area contributed by atoms with Gasteiger partial charge in [-0.1, -0.05) is 46.3 Å². The molecule has 0 amide bonds. The van der Waals surface area contributed by atoms with Crippen LogP contribution in [0.3, 0.4) is 0 Å². The first-order valence-corrected chi connectivity index (χ1v) is 8.18. The van der Waals surface area contributed by atoms with Crippen LogP contribution in [0.25, 0.3) is 0 Å². The number of nitrogens with one attached hydrogen (secondary N) is 1. The molecule has 1 saturated heterocycles. The van der Waals surface area contributed by atoms with Crippen molar-refractivity contribution in [2.75, 3.05) is 20.2 Å². The molecule has 2 nitrogen and oxygen atoms in total. The maximum atomic E-state index is 5.39. The summed E-state index contributed by atoms with van der Waals surface area (Å²) in [5, 5.41) is 3.54. The third kappa shape index (κ3) is 3.14. The molecule has 0 spiro atoms. The third-order valence-electron chi connectivity index (χ3n) is 4.31. The van der Waals surface area contributed by atoms with E-state index in [2.05, 4.69) is 63.7 Å². The van der Waals surface area contributed by atoms with E-state index in [4.69, 9.17) is 4.74 Å². The van der Waals surface area contributed by atoms with Gasteiger partial charge in [0.15, 0.2) is 0 Å². The van der Waals surface area contributed by atoms with E-state index < -0.39 is 0 Å². The molecule has 21 heavy (non-hydrogen) atoms. The number of rotatable bonds is 3. The molecule has 2 aromatic rings. The summed E-state index contributed by atoms with van der Waals surface area (Å²) in [5.41, 5.74) is 2.76. The van der Waals surface area contributed by atoms with E-state index in [1.807, 2.05) is 6.07 Å². The minimum atomic E-state index is 0.487. The molecular weight excluding hydrogens is 326 g/mol. The first-order chi connectivity index (χ1) is 10.3. The lowest BCUT2D eigenvalue weighted by atomic mass is 9.77. The molecule has 1 N–H and O–H groups in total. The lowest BCUT2D eigenvalue weighted by Gasteiger charge is -2.33. The summed E-state index contributed by atoms with van der Waals surface area (Å²) in [6, 6.07) is 17.1. The second kappa shape index (κ2) is 6.63. The fraction of sp³-hybridized carbons (Fsp3) is 0.333. The van der Waals surface area contributed by atoms with Gasteiger partial charge in [0.1, 0.15) is 5.75 Å². The second-order valence-corrected chi connectivity index (χ2v) is 6.36. The van der Waals surface area contributed by atoms with Crippen molar-refractivity contribution >= 4 is 15.9 Å². The molecule has 1 fully saturated rings. The molecule has 0 aromatic heterocycles. The van der Waals surface area contributed by atoms with Gasteiger partial charge in [-0.05, 0) is 48.2 Å². The summed E-state index contributed by atoms with van der Waals surface area (Å²) < 4.78 is 6.59. The SMILES string of the molecule is COc1cccc(C2CCNCC2c2ccccc2Br)c1. The molecule has 0 radical (unpaired) electrons. The van der Waals surface area contributed by atoms with Crippen LogP contribution in [0.4, 0.5) is 0 Å². The van der Waals surface area contributed by atoms with Crippen molar-refractivity contribution in [1.82, 2.24) is 5.32 Å². The predicted octanol–water partition coefficient (Wildman–Crippen LogP) is 4.32. The number of methoxy groups -OCH3 is 1. The standard InChI is InChI=1S/C18H20BrNO/c1-21-14-6-4-5-13(11-14)15-9-10-20-12-17(15)16-7-2-3-8-18(16)19/h2-8,11,15,17,20H,9-10,12H2,1H3. The molecule has 0 aliphatic carbocycles. The molecule has 110 valence electrons. The van der Waals surface area contributed by atoms with Crippen LogP contribution >= 0.6 is 15.9 Å². The number of hydrogen-bond donors (Lipinski definition) is 1. The summed E-state index contributed by atoms with van der Waals surface area (Å²) in [5.74, 6) is 1.96. The van der Waals surface area contributed by atoms with E-state index in [1.54, 1.807) is 7.11 Å². The quantitative estimate of drug-likeness (QED) is 0.894. The Morgan fingerprint density at radius 2 is 1.95 bits per heavy atom. The molecule has 2 atom stereocenters. The Bertz CT molecular complexity index is 614. The van der Waals surface area contributed by atoms with Gasteiger partial charge in [0, 0.05) is 16.9 Å². The van der Waals surface area contributed by atoms with E-state index in [9.17, 15) is 0 Å². The van der Waals surface area contributed by atoms with Crippen LogP contribution in [-0.2, 0) is 0 Å². The maximum Gasteiger partial charge on any atom is 0.119 e. The molecule has 0 bridgehead atoms. The van der Waals surface area contributed by atoms with Gasteiger partial charge in [-0.25, -0.2) is 0 Å². The average Bonchev–Trinajstić information content (AvgIpc) is 2.55. The van der Waals surface area contributed by atoms with Gasteiger partial charge < -0.3 is 10.1 Å². The Morgan fingerprint density at radius 3 is 2.76 bits per heavy atom. The Balaban J connectivity index is 1.96. The fourth-order valence-corrected chi connectivity index (χ4v) is 3.81. The number of halogens is 1. The van der Waals surface area contributed by atoms with Crippen LogP contribution < -0.4 is 10.1 Å². The minimum absolute atomic E-state index is 0.487. The van der Waals surface area contributed by atoms with Gasteiger partial charge >= 0.3 is 0 Å². The highest BCUT2D eigenvalue weighted by Gasteiger charge is 2.29. The van der Waals surface area contributed by atoms with Crippen LogP contribution in [0.15, 0.2) is 53.0 Å². The van der Waals surface area contributed by atoms with Crippen LogP contribution in [0.1, 0.15) is 29.4 Å². The summed E-state index contributed by atoms with van der Waals surface area (Å²) in [6.07, 6.45) is 1.15. The van der Waals surface area contributed by atoms with Crippen LogP contribution in [0.2, 0.25) is 0 Å². The summed E-state index contributed by atoms with van der Waals surface area (Å²) in [7, 11) is 1.73. The monoisotopic (exact) mass is 345 g/mol.